The molecule has 3 aromatic heterocycles. The van der Waals surface area contributed by atoms with E-state index in [9.17, 15) is 8.42 Å². The molecule has 0 unspecified atom stereocenters. The van der Waals surface area contributed by atoms with Crippen LogP contribution in [0.2, 0.25) is 0 Å². The lowest BCUT2D eigenvalue weighted by Gasteiger charge is -2.12. The van der Waals surface area contributed by atoms with E-state index >= 15 is 0 Å². The van der Waals surface area contributed by atoms with Crippen molar-refractivity contribution in [3.63, 3.8) is 0 Å². The second kappa shape index (κ2) is 9.36. The maximum atomic E-state index is 12.3. The highest BCUT2D eigenvalue weighted by atomic mass is 32.2. The first-order chi connectivity index (χ1) is 16.8. The number of nitrogens with one attached hydrogen (secondary N) is 1. The molecular formula is C21H23N7O5S2. The van der Waals surface area contributed by atoms with Crippen LogP contribution in [-0.2, 0) is 16.6 Å². The zero-order chi connectivity index (χ0) is 24.6. The van der Waals surface area contributed by atoms with Crippen LogP contribution in [0.1, 0.15) is 20.3 Å². The highest BCUT2D eigenvalue weighted by Crippen LogP contribution is 2.44. The van der Waals surface area contributed by atoms with Gasteiger partial charge in [0.05, 0.1) is 17.5 Å². The molecule has 1 aliphatic rings. The van der Waals surface area contributed by atoms with Crippen molar-refractivity contribution in [2.45, 2.75) is 42.9 Å². The molecule has 12 nitrogen and oxygen atoms in total. The van der Waals surface area contributed by atoms with Crippen LogP contribution >= 0.6 is 11.8 Å². The summed E-state index contributed by atoms with van der Waals surface area (Å²) in [6.45, 7) is 4.05. The lowest BCUT2D eigenvalue weighted by molar-refractivity contribution is 0.174. The van der Waals surface area contributed by atoms with Crippen LogP contribution in [0.25, 0.3) is 22.6 Å². The largest absolute Gasteiger partial charge is 0.454 e. The first-order valence-electron chi connectivity index (χ1n) is 10.8. The number of sulfonamides is 1. The van der Waals surface area contributed by atoms with Crippen LogP contribution in [-0.4, -0.2) is 51.5 Å². The summed E-state index contributed by atoms with van der Waals surface area (Å²) in [5.74, 6) is 1.80. The number of nitrogen functional groups attached to an aromatic ring is 1. The van der Waals surface area contributed by atoms with E-state index in [1.807, 2.05) is 16.7 Å². The number of fused-ring (bicyclic) bond motifs is 2. The van der Waals surface area contributed by atoms with E-state index in [0.717, 1.165) is 4.90 Å². The summed E-state index contributed by atoms with van der Waals surface area (Å²) >= 11 is 1.34. The second-order valence-corrected chi connectivity index (χ2v) is 10.9. The Morgan fingerprint density at radius 2 is 2.00 bits per heavy atom. The second-order valence-electron chi connectivity index (χ2n) is 8.06. The van der Waals surface area contributed by atoms with Crippen molar-refractivity contribution in [1.29, 1.82) is 0 Å². The highest BCUT2D eigenvalue weighted by molar-refractivity contribution is 7.99. The molecule has 3 N–H and O–H groups in total. The van der Waals surface area contributed by atoms with Gasteiger partial charge in [-0.2, -0.15) is 0 Å². The summed E-state index contributed by atoms with van der Waals surface area (Å²) < 4.78 is 45.7. The number of hydrogen-bond donors (Lipinski definition) is 2. The van der Waals surface area contributed by atoms with E-state index in [-0.39, 0.29) is 24.4 Å². The Morgan fingerprint density at radius 1 is 1.20 bits per heavy atom. The Hall–Kier alpha value is -3.36. The number of benzene rings is 1. The molecule has 4 aromatic rings. The van der Waals surface area contributed by atoms with Crippen molar-refractivity contribution >= 4 is 38.8 Å². The summed E-state index contributed by atoms with van der Waals surface area (Å²) in [6.07, 6.45) is 4.76. The molecule has 14 heteroatoms. The van der Waals surface area contributed by atoms with E-state index < -0.39 is 10.0 Å². The summed E-state index contributed by atoms with van der Waals surface area (Å²) in [5, 5.41) is 0.563. The fourth-order valence-corrected chi connectivity index (χ4v) is 6.06. The average molecular weight is 518 g/mol. The third-order valence-corrected chi connectivity index (χ3v) is 7.78. The van der Waals surface area contributed by atoms with Gasteiger partial charge in [-0.3, -0.25) is 0 Å². The van der Waals surface area contributed by atoms with E-state index in [1.54, 1.807) is 20.0 Å². The number of nitrogens with zero attached hydrogens (tertiary/aromatic N) is 5. The fourth-order valence-electron chi connectivity index (χ4n) is 3.67. The van der Waals surface area contributed by atoms with E-state index in [0.29, 0.717) is 52.2 Å². The van der Waals surface area contributed by atoms with Gasteiger partial charge in [-0.25, -0.2) is 33.1 Å². The lowest BCUT2D eigenvalue weighted by Crippen LogP contribution is -2.32. The Balaban J connectivity index is 1.51. The normalized spacial score (nSPS) is 13.2. The van der Waals surface area contributed by atoms with E-state index in [4.69, 9.17) is 19.6 Å². The van der Waals surface area contributed by atoms with Gasteiger partial charge in [0.2, 0.25) is 22.7 Å². The highest BCUT2D eigenvalue weighted by Gasteiger charge is 2.24. The number of aromatic nitrogens is 5. The van der Waals surface area contributed by atoms with Crippen LogP contribution in [0.3, 0.4) is 0 Å². The maximum absolute atomic E-state index is 12.3. The third kappa shape index (κ3) is 4.90. The zero-order valence-electron chi connectivity index (χ0n) is 19.0. The summed E-state index contributed by atoms with van der Waals surface area (Å²) in [5.41, 5.74) is 7.72. The fraction of sp³-hybridized carbons (Fsp3) is 0.333. The molecule has 0 atom stereocenters. The van der Waals surface area contributed by atoms with Crippen molar-refractivity contribution in [2.75, 3.05) is 18.3 Å². The monoisotopic (exact) mass is 517 g/mol. The molecule has 0 bridgehead atoms. The smallest absolute Gasteiger partial charge is 0.231 e. The first-order valence-corrected chi connectivity index (χ1v) is 13.3. The number of hydrogen-bond acceptors (Lipinski definition) is 11. The van der Waals surface area contributed by atoms with Gasteiger partial charge in [0.25, 0.3) is 0 Å². The molecule has 0 radical (unpaired) electrons. The maximum Gasteiger partial charge on any atom is 0.231 e. The van der Waals surface area contributed by atoms with Gasteiger partial charge in [0.1, 0.15) is 12.6 Å². The minimum absolute atomic E-state index is 0.0406. The van der Waals surface area contributed by atoms with Crippen molar-refractivity contribution in [1.82, 2.24) is 29.2 Å². The molecule has 1 aliphatic heterocycles. The quantitative estimate of drug-likeness (QED) is 0.336. The minimum Gasteiger partial charge on any atom is -0.454 e. The van der Waals surface area contributed by atoms with Crippen LogP contribution in [0.4, 0.5) is 5.82 Å². The van der Waals surface area contributed by atoms with Gasteiger partial charge in [-0.1, -0.05) is 11.8 Å². The molecule has 5 rings (SSSR count). The Bertz CT molecular complexity index is 1470. The Kier molecular flexibility index (Phi) is 6.25. The van der Waals surface area contributed by atoms with Gasteiger partial charge in [0.15, 0.2) is 33.6 Å². The van der Waals surface area contributed by atoms with Gasteiger partial charge < -0.3 is 24.2 Å². The lowest BCUT2D eigenvalue weighted by atomic mass is 10.2. The van der Waals surface area contributed by atoms with E-state index in [2.05, 4.69) is 24.7 Å². The van der Waals surface area contributed by atoms with Gasteiger partial charge in [-0.05, 0) is 32.4 Å². The number of imidazole rings is 1. The number of ether oxygens (including phenoxy) is 2. The average Bonchev–Trinajstić information content (AvgIpc) is 3.53. The van der Waals surface area contributed by atoms with Crippen LogP contribution in [0, 0.1) is 0 Å². The minimum atomic E-state index is -3.41. The standard InChI is InChI=1S/C21H23N7O5S2/c1-12(2)27-35(29,30)7-3-5-28-19-17(18(22)24-10-25-19)26-21(28)34-16-9-15-14(32-11-33-15)8-13(16)20-23-4-6-31-20/h4,6,8-10,12,27H,3,5,7,11H2,1-2H3,(H2,22,24,25). The molecule has 0 saturated heterocycles. The van der Waals surface area contributed by atoms with Crippen LogP contribution in [0.15, 0.2) is 45.4 Å². The van der Waals surface area contributed by atoms with Crippen molar-refractivity contribution in [2.24, 2.45) is 0 Å². The summed E-state index contributed by atoms with van der Waals surface area (Å²) in [4.78, 5) is 18.1. The first kappa shape index (κ1) is 23.4. The molecule has 0 aliphatic carbocycles. The van der Waals surface area contributed by atoms with Gasteiger partial charge in [0, 0.05) is 17.5 Å². The molecule has 0 spiro atoms. The number of rotatable bonds is 9. The van der Waals surface area contributed by atoms with Crippen LogP contribution < -0.4 is 19.9 Å². The SMILES string of the molecule is CC(C)NS(=O)(=O)CCCn1c(Sc2cc3c(cc2-c2ncco2)OCO3)nc2c(N)ncnc21. The van der Waals surface area contributed by atoms with E-state index in [1.165, 1.54) is 24.4 Å². The molecule has 35 heavy (non-hydrogen) atoms. The number of nitrogens with two attached hydrogens (primary N) is 1. The predicted molar refractivity (Wildman–Crippen MR) is 129 cm³/mol. The topological polar surface area (TPSA) is 160 Å². The predicted octanol–water partition coefficient (Wildman–Crippen LogP) is 2.66. The Labute approximate surface area is 205 Å². The molecule has 4 heterocycles. The van der Waals surface area contributed by atoms with Crippen molar-refractivity contribution < 1.29 is 22.3 Å². The molecule has 0 saturated carbocycles. The summed E-state index contributed by atoms with van der Waals surface area (Å²) in [7, 11) is -3.41. The molecular weight excluding hydrogens is 494 g/mol. The Morgan fingerprint density at radius 3 is 2.74 bits per heavy atom. The van der Waals surface area contributed by atoms with Gasteiger partial charge >= 0.3 is 0 Å². The molecule has 0 amide bonds. The molecule has 184 valence electrons. The number of aryl methyl sites for hydroxylation is 1. The van der Waals surface area contributed by atoms with Crippen LogP contribution in [0.5, 0.6) is 11.5 Å². The van der Waals surface area contributed by atoms with Crippen molar-refractivity contribution in [3.8, 4) is 23.0 Å². The molecule has 1 aromatic carbocycles. The summed E-state index contributed by atoms with van der Waals surface area (Å²) in [6, 6.07) is 3.47. The molecule has 0 fully saturated rings. The number of anilines is 1. The third-order valence-electron chi connectivity index (χ3n) is 5.07. The van der Waals surface area contributed by atoms with Crippen molar-refractivity contribution in [3.05, 3.63) is 30.9 Å². The van der Waals surface area contributed by atoms with Gasteiger partial charge in [-0.15, -0.1) is 0 Å². The zero-order valence-corrected chi connectivity index (χ0v) is 20.6. The number of oxazole rings is 1.